The number of nitrogens with zero attached hydrogens (tertiary/aromatic N) is 2. The van der Waals surface area contributed by atoms with Crippen molar-refractivity contribution in [3.05, 3.63) is 12.4 Å². The summed E-state index contributed by atoms with van der Waals surface area (Å²) in [6.45, 7) is 2.87. The normalized spacial score (nSPS) is 16.5. The van der Waals surface area contributed by atoms with Gasteiger partial charge >= 0.3 is 0 Å². The van der Waals surface area contributed by atoms with Crippen molar-refractivity contribution in [3.8, 4) is 0 Å². The molecule has 1 aromatic heterocycles. The summed E-state index contributed by atoms with van der Waals surface area (Å²) in [5, 5.41) is 6.05. The first-order valence-corrected chi connectivity index (χ1v) is 6.78. The van der Waals surface area contributed by atoms with Gasteiger partial charge in [-0.1, -0.05) is 19.3 Å². The average Bonchev–Trinajstić information content (AvgIpc) is 2.84. The highest BCUT2D eigenvalue weighted by Gasteiger charge is 2.17. The minimum atomic E-state index is 0.00687. The van der Waals surface area contributed by atoms with Crippen LogP contribution < -0.4 is 10.6 Å². The van der Waals surface area contributed by atoms with Gasteiger partial charge in [-0.2, -0.15) is 0 Å². The van der Waals surface area contributed by atoms with E-state index in [-0.39, 0.29) is 5.91 Å². The van der Waals surface area contributed by atoms with Gasteiger partial charge < -0.3 is 15.2 Å². The predicted octanol–water partition coefficient (Wildman–Crippen LogP) is 1.94. The van der Waals surface area contributed by atoms with Crippen molar-refractivity contribution in [2.45, 2.75) is 45.1 Å². The number of hydrogen-bond donors (Lipinski definition) is 2. The van der Waals surface area contributed by atoms with E-state index in [4.69, 9.17) is 0 Å². The van der Waals surface area contributed by atoms with Gasteiger partial charge in [0.05, 0.1) is 0 Å². The third-order valence-corrected chi connectivity index (χ3v) is 3.42. The summed E-state index contributed by atoms with van der Waals surface area (Å²) in [7, 11) is 0. The third-order valence-electron chi connectivity index (χ3n) is 3.42. The molecule has 2 N–H and O–H groups in total. The van der Waals surface area contributed by atoms with E-state index < -0.39 is 0 Å². The van der Waals surface area contributed by atoms with E-state index >= 15 is 0 Å². The van der Waals surface area contributed by atoms with Crippen molar-refractivity contribution in [1.29, 1.82) is 0 Å². The number of carbonyl (C=O) groups is 1. The Morgan fingerprint density at radius 3 is 2.89 bits per heavy atom. The Hall–Kier alpha value is -1.52. The first-order chi connectivity index (χ1) is 8.77. The summed E-state index contributed by atoms with van der Waals surface area (Å²) >= 11 is 0. The Kier molecular flexibility index (Phi) is 4.61. The minimum absolute atomic E-state index is 0.00687. The van der Waals surface area contributed by atoms with Crippen LogP contribution in [0.25, 0.3) is 0 Å². The van der Waals surface area contributed by atoms with Crippen LogP contribution in [0.3, 0.4) is 0 Å². The predicted molar refractivity (Wildman–Crippen MR) is 71.5 cm³/mol. The quantitative estimate of drug-likeness (QED) is 0.785. The zero-order valence-corrected chi connectivity index (χ0v) is 11.0. The number of amides is 1. The minimum Gasteiger partial charge on any atom is -0.355 e. The molecule has 100 valence electrons. The van der Waals surface area contributed by atoms with Crippen LogP contribution in [0.2, 0.25) is 0 Å². The molecule has 2 rings (SSSR count). The molecule has 0 saturated heterocycles. The Bertz CT molecular complexity index is 382. The van der Waals surface area contributed by atoms with Gasteiger partial charge in [-0.3, -0.25) is 4.79 Å². The average molecular weight is 250 g/mol. The van der Waals surface area contributed by atoms with E-state index in [9.17, 15) is 4.79 Å². The summed E-state index contributed by atoms with van der Waals surface area (Å²) in [5.41, 5.74) is 0. The number of aromatic nitrogens is 2. The molecule has 1 heterocycles. The molecule has 0 atom stereocenters. The van der Waals surface area contributed by atoms with Crippen LogP contribution in [0.5, 0.6) is 0 Å². The van der Waals surface area contributed by atoms with Crippen LogP contribution in [0.15, 0.2) is 12.4 Å². The zero-order chi connectivity index (χ0) is 12.8. The second kappa shape index (κ2) is 6.42. The lowest BCUT2D eigenvalue weighted by atomic mass is 9.95. The van der Waals surface area contributed by atoms with E-state index in [1.807, 2.05) is 6.20 Å². The van der Waals surface area contributed by atoms with Gasteiger partial charge in [0, 0.05) is 38.4 Å². The fourth-order valence-electron chi connectivity index (χ4n) is 2.52. The summed E-state index contributed by atoms with van der Waals surface area (Å²) in [6, 6.07) is 0.588. The Balaban J connectivity index is 1.85. The molecule has 1 aliphatic rings. The Labute approximate surface area is 108 Å². The van der Waals surface area contributed by atoms with Gasteiger partial charge in [-0.25, -0.2) is 4.98 Å². The van der Waals surface area contributed by atoms with Gasteiger partial charge in [-0.05, 0) is 12.8 Å². The highest BCUT2D eigenvalue weighted by atomic mass is 16.1. The van der Waals surface area contributed by atoms with Crippen LogP contribution in [0.4, 0.5) is 5.95 Å². The van der Waals surface area contributed by atoms with Crippen molar-refractivity contribution >= 4 is 11.9 Å². The maximum Gasteiger partial charge on any atom is 0.216 e. The number of carbonyl (C=O) groups excluding carboxylic acids is 1. The largest absolute Gasteiger partial charge is 0.355 e. The van der Waals surface area contributed by atoms with E-state index in [0.717, 1.165) is 5.95 Å². The van der Waals surface area contributed by atoms with Crippen LogP contribution in [0, 0.1) is 0 Å². The maximum atomic E-state index is 10.8. The standard InChI is InChI=1S/C13H22N4O/c1-11(18)14-7-8-15-13-16-9-10-17(13)12-5-3-2-4-6-12/h9-10,12H,2-8H2,1H3,(H,14,18)(H,15,16). The van der Waals surface area contributed by atoms with Crippen LogP contribution in [-0.2, 0) is 4.79 Å². The molecule has 1 saturated carbocycles. The van der Waals surface area contributed by atoms with Crippen molar-refractivity contribution < 1.29 is 4.79 Å². The fourth-order valence-corrected chi connectivity index (χ4v) is 2.52. The fraction of sp³-hybridized carbons (Fsp3) is 0.692. The van der Waals surface area contributed by atoms with E-state index in [1.54, 1.807) is 0 Å². The molecule has 1 aromatic rings. The SMILES string of the molecule is CC(=O)NCCNc1nccn1C1CCCCC1. The van der Waals surface area contributed by atoms with Crippen LogP contribution in [-0.4, -0.2) is 28.5 Å². The summed E-state index contributed by atoms with van der Waals surface area (Å²) in [5.74, 6) is 0.930. The third kappa shape index (κ3) is 3.48. The molecular formula is C13H22N4O. The number of imidazole rings is 1. The number of rotatable bonds is 5. The number of anilines is 1. The maximum absolute atomic E-state index is 10.8. The molecule has 0 spiro atoms. The number of hydrogen-bond acceptors (Lipinski definition) is 3. The molecule has 5 nitrogen and oxygen atoms in total. The second-order valence-electron chi connectivity index (χ2n) is 4.86. The monoisotopic (exact) mass is 250 g/mol. The van der Waals surface area contributed by atoms with Gasteiger partial charge in [0.1, 0.15) is 0 Å². The van der Waals surface area contributed by atoms with E-state index in [2.05, 4.69) is 26.4 Å². The first kappa shape index (κ1) is 12.9. The Morgan fingerprint density at radius 2 is 2.17 bits per heavy atom. The van der Waals surface area contributed by atoms with Crippen molar-refractivity contribution in [2.24, 2.45) is 0 Å². The smallest absolute Gasteiger partial charge is 0.216 e. The summed E-state index contributed by atoms with van der Waals surface area (Å²) in [6.07, 6.45) is 10.4. The lowest BCUT2D eigenvalue weighted by Crippen LogP contribution is -2.27. The zero-order valence-electron chi connectivity index (χ0n) is 11.0. The highest BCUT2D eigenvalue weighted by Crippen LogP contribution is 2.29. The molecule has 0 radical (unpaired) electrons. The number of nitrogens with one attached hydrogen (secondary N) is 2. The lowest BCUT2D eigenvalue weighted by molar-refractivity contribution is -0.118. The molecule has 1 amide bonds. The van der Waals surface area contributed by atoms with Gasteiger partial charge in [0.2, 0.25) is 11.9 Å². The van der Waals surface area contributed by atoms with Crippen LogP contribution in [0.1, 0.15) is 45.1 Å². The molecule has 0 aliphatic heterocycles. The van der Waals surface area contributed by atoms with Crippen molar-refractivity contribution in [3.63, 3.8) is 0 Å². The molecule has 0 aromatic carbocycles. The van der Waals surface area contributed by atoms with Gasteiger partial charge in [0.15, 0.2) is 0 Å². The Morgan fingerprint density at radius 1 is 1.39 bits per heavy atom. The second-order valence-corrected chi connectivity index (χ2v) is 4.86. The highest BCUT2D eigenvalue weighted by molar-refractivity contribution is 5.72. The van der Waals surface area contributed by atoms with Crippen molar-refractivity contribution in [2.75, 3.05) is 18.4 Å². The van der Waals surface area contributed by atoms with E-state index in [0.29, 0.717) is 19.1 Å². The first-order valence-electron chi connectivity index (χ1n) is 6.78. The topological polar surface area (TPSA) is 59.0 Å². The lowest BCUT2D eigenvalue weighted by Gasteiger charge is -2.24. The molecule has 18 heavy (non-hydrogen) atoms. The van der Waals surface area contributed by atoms with Crippen LogP contribution >= 0.6 is 0 Å². The van der Waals surface area contributed by atoms with Gasteiger partial charge in [0.25, 0.3) is 0 Å². The van der Waals surface area contributed by atoms with E-state index in [1.165, 1.54) is 39.0 Å². The molecule has 1 fully saturated rings. The van der Waals surface area contributed by atoms with Crippen molar-refractivity contribution in [1.82, 2.24) is 14.9 Å². The molecular weight excluding hydrogens is 228 g/mol. The molecule has 1 aliphatic carbocycles. The summed E-state index contributed by atoms with van der Waals surface area (Å²) < 4.78 is 2.24. The van der Waals surface area contributed by atoms with Gasteiger partial charge in [-0.15, -0.1) is 0 Å². The molecule has 0 unspecified atom stereocenters. The molecule has 0 bridgehead atoms. The molecule has 5 heteroatoms. The summed E-state index contributed by atoms with van der Waals surface area (Å²) in [4.78, 5) is 15.1.